The number of alkyl halides is 1. The van der Waals surface area contributed by atoms with Crippen molar-refractivity contribution < 1.29 is 0 Å². The Bertz CT molecular complexity index is 457. The fourth-order valence-electron chi connectivity index (χ4n) is 1.41. The summed E-state index contributed by atoms with van der Waals surface area (Å²) in [4.78, 5) is 8.36. The molecule has 17 heavy (non-hydrogen) atoms. The molecule has 0 unspecified atom stereocenters. The van der Waals surface area contributed by atoms with E-state index < -0.39 is 0 Å². The smallest absolute Gasteiger partial charge is 0.181 e. The molecule has 0 spiro atoms. The zero-order valence-electron chi connectivity index (χ0n) is 9.08. The predicted octanol–water partition coefficient (Wildman–Crippen LogP) is 1.77. The molecule has 0 aliphatic carbocycles. The van der Waals surface area contributed by atoms with E-state index in [1.54, 1.807) is 12.4 Å². The highest BCUT2D eigenvalue weighted by Crippen LogP contribution is 2.14. The number of halogens is 2. The van der Waals surface area contributed by atoms with Crippen LogP contribution in [0.2, 0.25) is 0 Å². The molecule has 2 heterocycles. The van der Waals surface area contributed by atoms with Gasteiger partial charge in [0, 0.05) is 23.3 Å². The zero-order chi connectivity index (χ0) is 11.4. The first kappa shape index (κ1) is 14.3. The van der Waals surface area contributed by atoms with Gasteiger partial charge in [-0.05, 0) is 12.1 Å². The third-order valence-electron chi connectivity index (χ3n) is 2.17. The minimum Gasteiger partial charge on any atom is -0.324 e. The van der Waals surface area contributed by atoms with Crippen molar-refractivity contribution in [3.63, 3.8) is 0 Å². The van der Waals surface area contributed by atoms with Crippen LogP contribution in [-0.2, 0) is 13.1 Å². The summed E-state index contributed by atoms with van der Waals surface area (Å²) in [5.41, 5.74) is 6.58. The van der Waals surface area contributed by atoms with Crippen molar-refractivity contribution in [2.75, 3.05) is 5.33 Å². The molecule has 5 nitrogen and oxygen atoms in total. The standard InChI is InChI=1S/C10H12BrN5.BrH/c11-3-6-16-9(7-12)14-10(15-16)8-1-4-13-5-2-8;/h1-2,4-5H,3,6-7,12H2;1H. The van der Waals surface area contributed by atoms with E-state index in [0.717, 1.165) is 23.3 Å². The van der Waals surface area contributed by atoms with E-state index >= 15 is 0 Å². The molecule has 0 atom stereocenters. The maximum absolute atomic E-state index is 5.62. The summed E-state index contributed by atoms with van der Waals surface area (Å²) in [5.74, 6) is 1.50. The van der Waals surface area contributed by atoms with Crippen LogP contribution in [0.3, 0.4) is 0 Å². The molecule has 0 amide bonds. The number of hydrogen-bond donors (Lipinski definition) is 1. The number of hydrogen-bond acceptors (Lipinski definition) is 4. The molecule has 92 valence electrons. The van der Waals surface area contributed by atoms with E-state index in [-0.39, 0.29) is 17.0 Å². The van der Waals surface area contributed by atoms with Gasteiger partial charge < -0.3 is 5.73 Å². The Balaban J connectivity index is 0.00000144. The molecule has 0 saturated carbocycles. The van der Waals surface area contributed by atoms with Crippen molar-refractivity contribution in [1.82, 2.24) is 19.7 Å². The lowest BCUT2D eigenvalue weighted by Gasteiger charge is -1.99. The van der Waals surface area contributed by atoms with Gasteiger partial charge >= 0.3 is 0 Å². The SMILES string of the molecule is Br.NCc1nc(-c2ccncc2)nn1CCBr. The molecular formula is C10H13Br2N5. The Labute approximate surface area is 118 Å². The summed E-state index contributed by atoms with van der Waals surface area (Å²) in [6.45, 7) is 1.16. The number of nitrogens with two attached hydrogens (primary N) is 1. The summed E-state index contributed by atoms with van der Waals surface area (Å²) in [6.07, 6.45) is 3.45. The molecule has 0 aliphatic rings. The normalized spacial score (nSPS) is 10.0. The average Bonchev–Trinajstić information content (AvgIpc) is 2.74. The highest BCUT2D eigenvalue weighted by atomic mass is 79.9. The Morgan fingerprint density at radius 2 is 2.00 bits per heavy atom. The van der Waals surface area contributed by atoms with Crippen molar-refractivity contribution in [2.45, 2.75) is 13.1 Å². The average molecular weight is 363 g/mol. The third-order valence-corrected chi connectivity index (χ3v) is 2.52. The summed E-state index contributed by atoms with van der Waals surface area (Å²) in [7, 11) is 0. The predicted molar refractivity (Wildman–Crippen MR) is 75.3 cm³/mol. The van der Waals surface area contributed by atoms with Crippen LogP contribution in [0.5, 0.6) is 0 Å². The molecule has 2 N–H and O–H groups in total. The van der Waals surface area contributed by atoms with Crippen LogP contribution in [0.1, 0.15) is 5.82 Å². The number of rotatable bonds is 4. The van der Waals surface area contributed by atoms with Crippen LogP contribution in [0, 0.1) is 0 Å². The van der Waals surface area contributed by atoms with Gasteiger partial charge in [0.2, 0.25) is 0 Å². The maximum Gasteiger partial charge on any atom is 0.181 e. The lowest BCUT2D eigenvalue weighted by molar-refractivity contribution is 0.625. The Morgan fingerprint density at radius 1 is 1.29 bits per heavy atom. The van der Waals surface area contributed by atoms with E-state index in [9.17, 15) is 0 Å². The third kappa shape index (κ3) is 3.34. The Hall–Kier alpha value is -0.790. The molecule has 0 saturated heterocycles. The van der Waals surface area contributed by atoms with Gasteiger partial charge in [-0.15, -0.1) is 17.0 Å². The Morgan fingerprint density at radius 3 is 2.59 bits per heavy atom. The van der Waals surface area contributed by atoms with Crippen LogP contribution >= 0.6 is 32.9 Å². The highest BCUT2D eigenvalue weighted by molar-refractivity contribution is 9.09. The molecule has 0 bridgehead atoms. The van der Waals surface area contributed by atoms with Gasteiger partial charge in [-0.3, -0.25) is 4.98 Å². The minimum absolute atomic E-state index is 0. The van der Waals surface area contributed by atoms with Gasteiger partial charge in [-0.1, -0.05) is 15.9 Å². The second-order valence-electron chi connectivity index (χ2n) is 3.20. The molecule has 0 radical (unpaired) electrons. The fraction of sp³-hybridized carbons (Fsp3) is 0.300. The van der Waals surface area contributed by atoms with Gasteiger partial charge in [0.1, 0.15) is 5.82 Å². The van der Waals surface area contributed by atoms with Crippen molar-refractivity contribution in [3.05, 3.63) is 30.4 Å². The number of aryl methyl sites for hydroxylation is 1. The first-order valence-corrected chi connectivity index (χ1v) is 6.07. The van der Waals surface area contributed by atoms with Crippen LogP contribution in [0.15, 0.2) is 24.5 Å². The van der Waals surface area contributed by atoms with Crippen LogP contribution in [0.25, 0.3) is 11.4 Å². The molecule has 2 aromatic rings. The second kappa shape index (κ2) is 6.83. The van der Waals surface area contributed by atoms with E-state index in [4.69, 9.17) is 5.73 Å². The van der Waals surface area contributed by atoms with Crippen LogP contribution in [-0.4, -0.2) is 25.1 Å². The fourth-order valence-corrected chi connectivity index (χ4v) is 1.74. The maximum atomic E-state index is 5.62. The van der Waals surface area contributed by atoms with Crippen molar-refractivity contribution >= 4 is 32.9 Å². The van der Waals surface area contributed by atoms with Crippen molar-refractivity contribution in [1.29, 1.82) is 0 Å². The first-order valence-electron chi connectivity index (χ1n) is 4.95. The second-order valence-corrected chi connectivity index (χ2v) is 4.00. The molecule has 2 aromatic heterocycles. The lowest BCUT2D eigenvalue weighted by Crippen LogP contribution is -2.10. The quantitative estimate of drug-likeness (QED) is 0.841. The molecule has 0 aromatic carbocycles. The topological polar surface area (TPSA) is 69.6 Å². The molecule has 0 aliphatic heterocycles. The summed E-state index contributed by atoms with van der Waals surface area (Å²) in [6, 6.07) is 3.77. The number of pyridine rings is 1. The largest absolute Gasteiger partial charge is 0.324 e. The minimum atomic E-state index is 0. The van der Waals surface area contributed by atoms with Gasteiger partial charge in [0.05, 0.1) is 13.1 Å². The van der Waals surface area contributed by atoms with Crippen LogP contribution in [0.4, 0.5) is 0 Å². The molecular weight excluding hydrogens is 350 g/mol. The number of nitrogens with zero attached hydrogens (tertiary/aromatic N) is 4. The first-order chi connectivity index (χ1) is 7.85. The van der Waals surface area contributed by atoms with Gasteiger partial charge in [-0.2, -0.15) is 5.10 Å². The highest BCUT2D eigenvalue weighted by Gasteiger charge is 2.09. The summed E-state index contributed by atoms with van der Waals surface area (Å²) >= 11 is 3.38. The lowest BCUT2D eigenvalue weighted by atomic mass is 10.2. The van der Waals surface area contributed by atoms with E-state index in [0.29, 0.717) is 12.4 Å². The van der Waals surface area contributed by atoms with Gasteiger partial charge in [0.25, 0.3) is 0 Å². The molecule has 2 rings (SSSR count). The van der Waals surface area contributed by atoms with Crippen molar-refractivity contribution in [3.8, 4) is 11.4 Å². The Kier molecular flexibility index (Phi) is 5.73. The van der Waals surface area contributed by atoms with Gasteiger partial charge in [0.15, 0.2) is 5.82 Å². The van der Waals surface area contributed by atoms with Gasteiger partial charge in [-0.25, -0.2) is 9.67 Å². The van der Waals surface area contributed by atoms with E-state index in [1.807, 2.05) is 16.8 Å². The summed E-state index contributed by atoms with van der Waals surface area (Å²) < 4.78 is 1.82. The number of aromatic nitrogens is 4. The molecule has 7 heteroatoms. The van der Waals surface area contributed by atoms with Crippen molar-refractivity contribution in [2.24, 2.45) is 5.73 Å². The molecule has 0 fully saturated rings. The summed E-state index contributed by atoms with van der Waals surface area (Å²) in [5, 5.41) is 5.24. The van der Waals surface area contributed by atoms with Crippen LogP contribution < -0.4 is 5.73 Å². The van der Waals surface area contributed by atoms with E-state index in [2.05, 4.69) is 31.0 Å². The monoisotopic (exact) mass is 361 g/mol. The van der Waals surface area contributed by atoms with E-state index in [1.165, 1.54) is 0 Å². The zero-order valence-corrected chi connectivity index (χ0v) is 12.4.